The molecule has 4 heteroatoms. The molecule has 2 rings (SSSR count). The van der Waals surface area contributed by atoms with Crippen LogP contribution in [0.2, 0.25) is 5.02 Å². The van der Waals surface area contributed by atoms with E-state index in [4.69, 9.17) is 11.6 Å². The lowest BCUT2D eigenvalue weighted by molar-refractivity contribution is 0.573. The van der Waals surface area contributed by atoms with Crippen LogP contribution in [0.1, 0.15) is 26.5 Å². The van der Waals surface area contributed by atoms with E-state index in [1.165, 1.54) is 0 Å². The number of benzene rings is 1. The van der Waals surface area contributed by atoms with Gasteiger partial charge in [-0.1, -0.05) is 38.4 Å². The summed E-state index contributed by atoms with van der Waals surface area (Å²) >= 11 is 11.1. The lowest BCUT2D eigenvalue weighted by atomic mass is 9.93. The van der Waals surface area contributed by atoms with Gasteiger partial charge in [0, 0.05) is 20.8 Å². The summed E-state index contributed by atoms with van der Waals surface area (Å²) in [5.74, 6) is 0. The molecule has 0 amide bonds. The molecule has 1 heterocycles. The van der Waals surface area contributed by atoms with Gasteiger partial charge in [-0.15, -0.1) is 11.3 Å². The van der Waals surface area contributed by atoms with Crippen molar-refractivity contribution in [3.63, 3.8) is 0 Å². The molecular weight excluding hydrogens is 318 g/mol. The number of halogens is 2. The second kappa shape index (κ2) is 4.71. The van der Waals surface area contributed by atoms with Gasteiger partial charge in [0.15, 0.2) is 0 Å². The van der Waals surface area contributed by atoms with Crippen molar-refractivity contribution in [3.8, 4) is 10.6 Å². The van der Waals surface area contributed by atoms with Crippen LogP contribution in [0.25, 0.3) is 10.6 Å². The summed E-state index contributed by atoms with van der Waals surface area (Å²) in [6, 6.07) is 5.89. The van der Waals surface area contributed by atoms with Gasteiger partial charge >= 0.3 is 0 Å². The summed E-state index contributed by atoms with van der Waals surface area (Å²) in [6.45, 7) is 6.51. The summed E-state index contributed by atoms with van der Waals surface area (Å²) in [6.07, 6.45) is 0. The van der Waals surface area contributed by atoms with Crippen molar-refractivity contribution in [3.05, 3.63) is 38.8 Å². The number of hydrogen-bond acceptors (Lipinski definition) is 2. The molecule has 0 aliphatic rings. The highest BCUT2D eigenvalue weighted by Gasteiger charge is 2.18. The maximum atomic E-state index is 5.98. The third-order valence-corrected chi connectivity index (χ3v) is 4.54. The fourth-order valence-corrected chi connectivity index (χ4v) is 2.92. The van der Waals surface area contributed by atoms with E-state index in [0.29, 0.717) is 0 Å². The fourth-order valence-electron chi connectivity index (χ4n) is 1.38. The van der Waals surface area contributed by atoms with Crippen LogP contribution in [0, 0.1) is 0 Å². The van der Waals surface area contributed by atoms with Gasteiger partial charge in [-0.2, -0.15) is 0 Å². The average molecular weight is 331 g/mol. The molecule has 2 aromatic rings. The van der Waals surface area contributed by atoms with Gasteiger partial charge < -0.3 is 0 Å². The average Bonchev–Trinajstić information content (AvgIpc) is 2.70. The molecule has 1 nitrogen and oxygen atoms in total. The van der Waals surface area contributed by atoms with Crippen molar-refractivity contribution in [1.29, 1.82) is 0 Å². The van der Waals surface area contributed by atoms with Crippen molar-refractivity contribution >= 4 is 38.9 Å². The number of thiazole rings is 1. The molecule has 17 heavy (non-hydrogen) atoms. The molecule has 0 aliphatic heterocycles. The van der Waals surface area contributed by atoms with Crippen LogP contribution < -0.4 is 0 Å². The van der Waals surface area contributed by atoms with Crippen LogP contribution in [0.15, 0.2) is 28.1 Å². The number of hydrogen-bond donors (Lipinski definition) is 0. The Kier molecular flexibility index (Phi) is 3.62. The van der Waals surface area contributed by atoms with Gasteiger partial charge in [-0.3, -0.25) is 0 Å². The highest BCUT2D eigenvalue weighted by molar-refractivity contribution is 9.10. The van der Waals surface area contributed by atoms with E-state index in [2.05, 4.69) is 47.1 Å². The summed E-state index contributed by atoms with van der Waals surface area (Å²) < 4.78 is 0.907. The largest absolute Gasteiger partial charge is 0.241 e. The van der Waals surface area contributed by atoms with Crippen molar-refractivity contribution < 1.29 is 0 Å². The third kappa shape index (κ3) is 2.90. The zero-order valence-electron chi connectivity index (χ0n) is 9.92. The first-order valence-corrected chi connectivity index (χ1v) is 7.34. The Morgan fingerprint density at radius 1 is 1.29 bits per heavy atom. The minimum atomic E-state index is 0.0956. The van der Waals surface area contributed by atoms with Crippen molar-refractivity contribution in [2.75, 3.05) is 0 Å². The minimum absolute atomic E-state index is 0.0956. The lowest BCUT2D eigenvalue weighted by Gasteiger charge is -2.14. The Hall–Kier alpha value is -0.380. The van der Waals surface area contributed by atoms with Crippen LogP contribution in [0.3, 0.4) is 0 Å². The predicted molar refractivity (Wildman–Crippen MR) is 79.0 cm³/mol. The molecule has 0 fully saturated rings. The van der Waals surface area contributed by atoms with E-state index in [0.717, 1.165) is 25.8 Å². The van der Waals surface area contributed by atoms with Gasteiger partial charge in [0.1, 0.15) is 5.01 Å². The monoisotopic (exact) mass is 329 g/mol. The molecular formula is C13H13BrClNS. The topological polar surface area (TPSA) is 12.9 Å². The first-order chi connectivity index (χ1) is 7.88. The van der Waals surface area contributed by atoms with Crippen molar-refractivity contribution in [2.24, 2.45) is 0 Å². The number of aromatic nitrogens is 1. The molecule has 0 unspecified atom stereocenters. The van der Waals surface area contributed by atoms with Crippen LogP contribution in [0.4, 0.5) is 0 Å². The van der Waals surface area contributed by atoms with Crippen LogP contribution in [-0.2, 0) is 5.41 Å². The second-order valence-electron chi connectivity index (χ2n) is 4.92. The third-order valence-electron chi connectivity index (χ3n) is 2.44. The zero-order chi connectivity index (χ0) is 12.6. The second-order valence-corrected chi connectivity index (χ2v) is 7.04. The normalized spacial score (nSPS) is 11.8. The summed E-state index contributed by atoms with van der Waals surface area (Å²) in [5, 5.41) is 3.88. The quantitative estimate of drug-likeness (QED) is 0.670. The zero-order valence-corrected chi connectivity index (χ0v) is 13.1. The van der Waals surface area contributed by atoms with E-state index in [9.17, 15) is 0 Å². The summed E-state index contributed by atoms with van der Waals surface area (Å²) in [5.41, 5.74) is 2.32. The molecule has 1 aromatic carbocycles. The molecule has 1 aromatic heterocycles. The summed E-state index contributed by atoms with van der Waals surface area (Å²) in [7, 11) is 0. The van der Waals surface area contributed by atoms with E-state index in [1.54, 1.807) is 11.3 Å². The smallest absolute Gasteiger partial charge is 0.123 e. The number of rotatable bonds is 1. The maximum absolute atomic E-state index is 5.98. The molecule has 0 bridgehead atoms. The van der Waals surface area contributed by atoms with Gasteiger partial charge in [0.25, 0.3) is 0 Å². The molecule has 90 valence electrons. The Labute approximate surface area is 119 Å². The molecule has 0 radical (unpaired) electrons. The Morgan fingerprint density at radius 3 is 2.53 bits per heavy atom. The first-order valence-electron chi connectivity index (χ1n) is 5.29. The highest BCUT2D eigenvalue weighted by atomic mass is 79.9. The molecule has 0 atom stereocenters. The molecule has 0 aliphatic carbocycles. The van der Waals surface area contributed by atoms with Gasteiger partial charge in [-0.05, 0) is 28.1 Å². The predicted octanol–water partition coefficient (Wildman–Crippen LogP) is 5.52. The van der Waals surface area contributed by atoms with E-state index in [1.807, 2.05) is 18.2 Å². The van der Waals surface area contributed by atoms with E-state index >= 15 is 0 Å². The van der Waals surface area contributed by atoms with Gasteiger partial charge in [0.05, 0.1) is 10.7 Å². The van der Waals surface area contributed by atoms with E-state index < -0.39 is 0 Å². The fraction of sp³-hybridized carbons (Fsp3) is 0.308. The van der Waals surface area contributed by atoms with Crippen LogP contribution in [-0.4, -0.2) is 4.98 Å². The standard InChI is InChI=1S/C13H13BrClNS/c1-13(2,3)11-7-17-12(16-11)8-4-5-10(15)9(14)6-8/h4-7H,1-3H3. The maximum Gasteiger partial charge on any atom is 0.123 e. The number of nitrogens with zero attached hydrogens (tertiary/aromatic N) is 1. The first kappa shape index (κ1) is 13.1. The minimum Gasteiger partial charge on any atom is -0.241 e. The molecule has 0 N–H and O–H groups in total. The van der Waals surface area contributed by atoms with E-state index in [-0.39, 0.29) is 5.41 Å². The highest BCUT2D eigenvalue weighted by Crippen LogP contribution is 2.33. The van der Waals surface area contributed by atoms with Gasteiger partial charge in [-0.25, -0.2) is 4.98 Å². The van der Waals surface area contributed by atoms with Crippen LogP contribution >= 0.6 is 38.9 Å². The molecule has 0 saturated carbocycles. The Balaban J connectivity index is 2.40. The van der Waals surface area contributed by atoms with Crippen molar-refractivity contribution in [2.45, 2.75) is 26.2 Å². The van der Waals surface area contributed by atoms with Crippen LogP contribution in [0.5, 0.6) is 0 Å². The Bertz CT molecular complexity index is 543. The SMILES string of the molecule is CC(C)(C)c1csc(-c2ccc(Cl)c(Br)c2)n1. The van der Waals surface area contributed by atoms with Crippen molar-refractivity contribution in [1.82, 2.24) is 4.98 Å². The summed E-state index contributed by atoms with van der Waals surface area (Å²) in [4.78, 5) is 4.68. The Morgan fingerprint density at radius 2 is 2.00 bits per heavy atom. The molecule has 0 spiro atoms. The lowest BCUT2D eigenvalue weighted by Crippen LogP contribution is -2.11. The molecule has 0 saturated heterocycles. The van der Waals surface area contributed by atoms with Gasteiger partial charge in [0.2, 0.25) is 0 Å².